The lowest BCUT2D eigenvalue weighted by Crippen LogP contribution is -2.57. The van der Waals surface area contributed by atoms with E-state index in [-0.39, 0.29) is 12.1 Å². The SMILES string of the molecule is CCCC1(C(=O)O)CCCN1C(=O)NC(C)C1CCOC1. The highest BCUT2D eigenvalue weighted by Gasteiger charge is 2.49. The van der Waals surface area contributed by atoms with Gasteiger partial charge in [-0.3, -0.25) is 0 Å². The fourth-order valence-corrected chi connectivity index (χ4v) is 3.51. The summed E-state index contributed by atoms with van der Waals surface area (Å²) in [6.07, 6.45) is 3.50. The van der Waals surface area contributed by atoms with Crippen molar-refractivity contribution in [2.24, 2.45) is 5.92 Å². The Bertz CT molecular complexity index is 395. The Labute approximate surface area is 125 Å². The molecular formula is C15H26N2O4. The Morgan fingerprint density at radius 2 is 2.29 bits per heavy atom. The van der Waals surface area contributed by atoms with E-state index in [9.17, 15) is 14.7 Å². The van der Waals surface area contributed by atoms with E-state index in [1.165, 1.54) is 4.90 Å². The number of hydrogen-bond acceptors (Lipinski definition) is 3. The lowest BCUT2D eigenvalue weighted by molar-refractivity contribution is -0.148. The number of nitrogens with zero attached hydrogens (tertiary/aromatic N) is 1. The zero-order chi connectivity index (χ0) is 15.5. The molecule has 0 aromatic rings. The highest BCUT2D eigenvalue weighted by atomic mass is 16.5. The molecule has 6 nitrogen and oxygen atoms in total. The summed E-state index contributed by atoms with van der Waals surface area (Å²) in [5, 5.41) is 12.6. The number of carboxylic acids is 1. The van der Waals surface area contributed by atoms with E-state index < -0.39 is 11.5 Å². The molecule has 2 saturated heterocycles. The van der Waals surface area contributed by atoms with E-state index in [0.29, 0.717) is 31.9 Å². The van der Waals surface area contributed by atoms with E-state index in [0.717, 1.165) is 25.9 Å². The van der Waals surface area contributed by atoms with Gasteiger partial charge in [0, 0.05) is 25.1 Å². The largest absolute Gasteiger partial charge is 0.479 e. The highest BCUT2D eigenvalue weighted by Crippen LogP contribution is 2.34. The predicted octanol–water partition coefficient (Wildman–Crippen LogP) is 1.84. The third kappa shape index (κ3) is 3.15. The molecule has 0 saturated carbocycles. The average molecular weight is 298 g/mol. The van der Waals surface area contributed by atoms with E-state index in [1.807, 2.05) is 13.8 Å². The number of carbonyl (C=O) groups excluding carboxylic acids is 1. The van der Waals surface area contributed by atoms with Crippen LogP contribution in [0.2, 0.25) is 0 Å². The lowest BCUT2D eigenvalue weighted by Gasteiger charge is -2.35. The van der Waals surface area contributed by atoms with E-state index in [2.05, 4.69) is 5.32 Å². The zero-order valence-electron chi connectivity index (χ0n) is 12.9. The molecule has 2 heterocycles. The summed E-state index contributed by atoms with van der Waals surface area (Å²) >= 11 is 0. The maximum absolute atomic E-state index is 12.5. The molecule has 2 aliphatic rings. The van der Waals surface area contributed by atoms with Crippen LogP contribution in [-0.4, -0.2) is 53.3 Å². The second-order valence-electron chi connectivity index (χ2n) is 6.20. The molecule has 0 aliphatic carbocycles. The van der Waals surface area contributed by atoms with Gasteiger partial charge < -0.3 is 20.1 Å². The van der Waals surface area contributed by atoms with Gasteiger partial charge in [-0.15, -0.1) is 0 Å². The average Bonchev–Trinajstić information content (AvgIpc) is 3.08. The van der Waals surface area contributed by atoms with Crippen molar-refractivity contribution in [1.29, 1.82) is 0 Å². The van der Waals surface area contributed by atoms with Gasteiger partial charge in [-0.2, -0.15) is 0 Å². The zero-order valence-corrected chi connectivity index (χ0v) is 12.9. The van der Waals surface area contributed by atoms with Gasteiger partial charge in [0.1, 0.15) is 5.54 Å². The third-order valence-corrected chi connectivity index (χ3v) is 4.82. The number of carbonyl (C=O) groups is 2. The highest BCUT2D eigenvalue weighted by molar-refractivity contribution is 5.87. The second-order valence-corrected chi connectivity index (χ2v) is 6.20. The molecule has 120 valence electrons. The fourth-order valence-electron chi connectivity index (χ4n) is 3.51. The molecule has 2 amide bonds. The Balaban J connectivity index is 2.04. The first-order valence-electron chi connectivity index (χ1n) is 7.90. The van der Waals surface area contributed by atoms with Gasteiger partial charge in [0.05, 0.1) is 6.61 Å². The second kappa shape index (κ2) is 6.64. The van der Waals surface area contributed by atoms with Crippen molar-refractivity contribution < 1.29 is 19.4 Å². The molecule has 6 heteroatoms. The molecule has 0 bridgehead atoms. The molecule has 0 spiro atoms. The van der Waals surface area contributed by atoms with Crippen LogP contribution in [-0.2, 0) is 9.53 Å². The summed E-state index contributed by atoms with van der Waals surface area (Å²) < 4.78 is 5.34. The van der Waals surface area contributed by atoms with Crippen LogP contribution >= 0.6 is 0 Å². The van der Waals surface area contributed by atoms with Gasteiger partial charge in [0.25, 0.3) is 0 Å². The molecule has 21 heavy (non-hydrogen) atoms. The minimum Gasteiger partial charge on any atom is -0.479 e. The number of rotatable bonds is 5. The van der Waals surface area contributed by atoms with Gasteiger partial charge in [-0.1, -0.05) is 13.3 Å². The minimum atomic E-state index is -1.02. The molecule has 0 aromatic heterocycles. The number of urea groups is 1. The van der Waals surface area contributed by atoms with Gasteiger partial charge in [0.2, 0.25) is 0 Å². The summed E-state index contributed by atoms with van der Waals surface area (Å²) in [6, 6.07) is -0.239. The molecule has 2 rings (SSSR count). The first-order valence-corrected chi connectivity index (χ1v) is 7.90. The van der Waals surface area contributed by atoms with Crippen LogP contribution in [0, 0.1) is 5.92 Å². The Hall–Kier alpha value is -1.30. The molecule has 2 aliphatic heterocycles. The lowest BCUT2D eigenvalue weighted by atomic mass is 9.91. The number of amides is 2. The summed E-state index contributed by atoms with van der Waals surface area (Å²) in [5.74, 6) is -0.559. The first-order chi connectivity index (χ1) is 10.0. The van der Waals surface area contributed by atoms with Crippen LogP contribution in [0.15, 0.2) is 0 Å². The van der Waals surface area contributed by atoms with Gasteiger partial charge in [0.15, 0.2) is 0 Å². The van der Waals surface area contributed by atoms with Gasteiger partial charge >= 0.3 is 12.0 Å². The van der Waals surface area contributed by atoms with Crippen LogP contribution < -0.4 is 5.32 Å². The quantitative estimate of drug-likeness (QED) is 0.811. The summed E-state index contributed by atoms with van der Waals surface area (Å²) in [7, 11) is 0. The molecule has 0 radical (unpaired) electrons. The van der Waals surface area contributed by atoms with E-state index in [4.69, 9.17) is 4.74 Å². The van der Waals surface area contributed by atoms with Crippen molar-refractivity contribution in [3.8, 4) is 0 Å². The maximum Gasteiger partial charge on any atom is 0.329 e. The number of aliphatic carboxylic acids is 1. The molecule has 3 unspecified atom stereocenters. The number of hydrogen-bond donors (Lipinski definition) is 2. The van der Waals surface area contributed by atoms with Gasteiger partial charge in [-0.25, -0.2) is 9.59 Å². The fraction of sp³-hybridized carbons (Fsp3) is 0.867. The van der Waals surface area contributed by atoms with Gasteiger partial charge in [-0.05, 0) is 32.6 Å². The van der Waals surface area contributed by atoms with Crippen molar-refractivity contribution in [2.75, 3.05) is 19.8 Å². The molecule has 3 atom stereocenters. The Morgan fingerprint density at radius 3 is 2.86 bits per heavy atom. The number of ether oxygens (including phenoxy) is 1. The third-order valence-electron chi connectivity index (χ3n) is 4.82. The van der Waals surface area contributed by atoms with Crippen LogP contribution in [0.1, 0.15) is 46.0 Å². The monoisotopic (exact) mass is 298 g/mol. The normalized spacial score (nSPS) is 30.4. The summed E-state index contributed by atoms with van der Waals surface area (Å²) in [4.78, 5) is 25.8. The molecule has 2 N–H and O–H groups in total. The van der Waals surface area contributed by atoms with Crippen LogP contribution in [0.4, 0.5) is 4.79 Å². The van der Waals surface area contributed by atoms with E-state index in [1.54, 1.807) is 0 Å². The van der Waals surface area contributed by atoms with Crippen molar-refractivity contribution >= 4 is 12.0 Å². The molecular weight excluding hydrogens is 272 g/mol. The van der Waals surface area contributed by atoms with Crippen molar-refractivity contribution in [3.63, 3.8) is 0 Å². The molecule has 0 aromatic carbocycles. The maximum atomic E-state index is 12.5. The van der Waals surface area contributed by atoms with Crippen molar-refractivity contribution in [1.82, 2.24) is 10.2 Å². The summed E-state index contributed by atoms with van der Waals surface area (Å²) in [6.45, 7) is 5.85. The van der Waals surface area contributed by atoms with Crippen LogP contribution in [0.5, 0.6) is 0 Å². The number of carboxylic acid groups (broad SMARTS) is 1. The molecule has 2 fully saturated rings. The van der Waals surface area contributed by atoms with Crippen LogP contribution in [0.25, 0.3) is 0 Å². The number of likely N-dealkylation sites (tertiary alicyclic amines) is 1. The topological polar surface area (TPSA) is 78.9 Å². The van der Waals surface area contributed by atoms with Crippen molar-refractivity contribution in [3.05, 3.63) is 0 Å². The first kappa shape index (κ1) is 16.1. The minimum absolute atomic E-state index is 0.00808. The smallest absolute Gasteiger partial charge is 0.329 e. The van der Waals surface area contributed by atoms with E-state index >= 15 is 0 Å². The van der Waals surface area contributed by atoms with Crippen molar-refractivity contribution in [2.45, 2.75) is 57.5 Å². The van der Waals surface area contributed by atoms with Crippen LogP contribution in [0.3, 0.4) is 0 Å². The summed E-state index contributed by atoms with van der Waals surface area (Å²) in [5.41, 5.74) is -1.02. The Morgan fingerprint density at radius 1 is 1.52 bits per heavy atom. The number of nitrogens with one attached hydrogen (secondary N) is 1. The predicted molar refractivity (Wildman–Crippen MR) is 78.1 cm³/mol. The standard InChI is InChI=1S/C15H26N2O4/c1-3-6-15(13(18)19)7-4-8-17(15)14(20)16-11(2)12-5-9-21-10-12/h11-12H,3-10H2,1-2H3,(H,16,20)(H,18,19). The Kier molecular flexibility index (Phi) is 5.08.